The molecule has 0 aromatic heterocycles. The lowest BCUT2D eigenvalue weighted by Crippen LogP contribution is -2.27. The van der Waals surface area contributed by atoms with Crippen molar-refractivity contribution in [2.75, 3.05) is 32.1 Å². The van der Waals surface area contributed by atoms with Gasteiger partial charge in [0.25, 0.3) is 0 Å². The van der Waals surface area contributed by atoms with E-state index >= 15 is 0 Å². The van der Waals surface area contributed by atoms with Gasteiger partial charge >= 0.3 is 0 Å². The molecular formula is C12H21N3O2S. The monoisotopic (exact) mass is 271 g/mol. The maximum absolute atomic E-state index is 10.9. The molecule has 18 heavy (non-hydrogen) atoms. The molecule has 1 rings (SSSR count). The van der Waals surface area contributed by atoms with Gasteiger partial charge in [0.05, 0.1) is 6.26 Å². The van der Waals surface area contributed by atoms with Crippen molar-refractivity contribution in [1.29, 1.82) is 0 Å². The summed E-state index contributed by atoms with van der Waals surface area (Å²) in [5.74, 6) is 0. The third kappa shape index (κ3) is 6.58. The molecule has 6 heteroatoms. The Morgan fingerprint density at radius 1 is 1.28 bits per heavy atom. The minimum atomic E-state index is -3.07. The van der Waals surface area contributed by atoms with E-state index in [1.807, 2.05) is 31.3 Å². The fourth-order valence-corrected chi connectivity index (χ4v) is 2.14. The number of nitrogens with one attached hydrogen (secondary N) is 1. The number of nitrogens with zero attached hydrogens (tertiary/aromatic N) is 1. The van der Waals surface area contributed by atoms with E-state index in [4.69, 9.17) is 5.73 Å². The Balaban J connectivity index is 2.25. The summed E-state index contributed by atoms with van der Waals surface area (Å²) in [7, 11) is -1.06. The second-order valence-corrected chi connectivity index (χ2v) is 6.33. The van der Waals surface area contributed by atoms with Crippen LogP contribution in [-0.4, -0.2) is 39.7 Å². The van der Waals surface area contributed by atoms with Gasteiger partial charge in [0, 0.05) is 18.8 Å². The topological polar surface area (TPSA) is 75.4 Å². The Labute approximate surface area is 109 Å². The molecule has 1 aromatic carbocycles. The van der Waals surface area contributed by atoms with Gasteiger partial charge in [0.15, 0.2) is 0 Å². The molecule has 0 heterocycles. The van der Waals surface area contributed by atoms with Crippen molar-refractivity contribution in [1.82, 2.24) is 9.62 Å². The summed E-state index contributed by atoms with van der Waals surface area (Å²) in [5, 5.41) is 0. The van der Waals surface area contributed by atoms with E-state index in [9.17, 15) is 8.42 Å². The number of hydrogen-bond acceptors (Lipinski definition) is 4. The summed E-state index contributed by atoms with van der Waals surface area (Å²) in [6.45, 7) is 2.15. The SMILES string of the molecule is CN(CCCNS(C)(=O)=O)Cc1ccc(N)cc1. The van der Waals surface area contributed by atoms with Gasteiger partial charge in [-0.1, -0.05) is 12.1 Å². The molecule has 0 saturated carbocycles. The standard InChI is InChI=1S/C12H21N3O2S/c1-15(9-3-8-14-18(2,16)17)10-11-4-6-12(13)7-5-11/h4-7,14H,3,8-10,13H2,1-2H3. The highest BCUT2D eigenvalue weighted by Gasteiger charge is 2.02. The third-order valence-electron chi connectivity index (χ3n) is 2.51. The fraction of sp³-hybridized carbons (Fsp3) is 0.500. The van der Waals surface area contributed by atoms with Crippen molar-refractivity contribution in [3.8, 4) is 0 Å². The van der Waals surface area contributed by atoms with Crippen LogP contribution >= 0.6 is 0 Å². The molecule has 0 radical (unpaired) electrons. The number of rotatable bonds is 7. The van der Waals surface area contributed by atoms with Crippen molar-refractivity contribution in [2.45, 2.75) is 13.0 Å². The zero-order valence-corrected chi connectivity index (χ0v) is 11.7. The van der Waals surface area contributed by atoms with Gasteiger partial charge in [-0.25, -0.2) is 13.1 Å². The van der Waals surface area contributed by atoms with Gasteiger partial charge in [0.2, 0.25) is 10.0 Å². The summed E-state index contributed by atoms with van der Waals surface area (Å²) >= 11 is 0. The molecule has 0 atom stereocenters. The van der Waals surface area contributed by atoms with Crippen LogP contribution in [0.15, 0.2) is 24.3 Å². The average molecular weight is 271 g/mol. The van der Waals surface area contributed by atoms with Crippen LogP contribution in [0.5, 0.6) is 0 Å². The molecule has 1 aromatic rings. The number of hydrogen-bond donors (Lipinski definition) is 2. The smallest absolute Gasteiger partial charge is 0.208 e. The molecule has 0 amide bonds. The maximum atomic E-state index is 10.9. The van der Waals surface area contributed by atoms with Gasteiger partial charge < -0.3 is 10.6 Å². The minimum absolute atomic E-state index is 0.477. The highest BCUT2D eigenvalue weighted by molar-refractivity contribution is 7.88. The summed E-state index contributed by atoms with van der Waals surface area (Å²) in [6, 6.07) is 7.77. The quantitative estimate of drug-likeness (QED) is 0.564. The molecule has 0 unspecified atom stereocenters. The Morgan fingerprint density at radius 3 is 2.44 bits per heavy atom. The molecular weight excluding hydrogens is 250 g/mol. The van der Waals surface area contributed by atoms with Crippen molar-refractivity contribution in [3.63, 3.8) is 0 Å². The lowest BCUT2D eigenvalue weighted by Gasteiger charge is -2.16. The van der Waals surface area contributed by atoms with Crippen LogP contribution in [0.25, 0.3) is 0 Å². The number of anilines is 1. The maximum Gasteiger partial charge on any atom is 0.208 e. The number of nitrogens with two attached hydrogens (primary N) is 1. The van der Waals surface area contributed by atoms with Gasteiger partial charge in [-0.3, -0.25) is 0 Å². The number of nitrogen functional groups attached to an aromatic ring is 1. The molecule has 0 aliphatic carbocycles. The van der Waals surface area contributed by atoms with E-state index < -0.39 is 10.0 Å². The van der Waals surface area contributed by atoms with Crippen molar-refractivity contribution >= 4 is 15.7 Å². The van der Waals surface area contributed by atoms with E-state index in [0.29, 0.717) is 6.54 Å². The molecule has 102 valence electrons. The lowest BCUT2D eigenvalue weighted by atomic mass is 10.2. The Hall–Kier alpha value is -1.11. The number of sulfonamides is 1. The highest BCUT2D eigenvalue weighted by Crippen LogP contribution is 2.07. The summed E-state index contributed by atoms with van der Waals surface area (Å²) in [6.07, 6.45) is 1.96. The van der Waals surface area contributed by atoms with Crippen LogP contribution < -0.4 is 10.5 Å². The Morgan fingerprint density at radius 2 is 1.89 bits per heavy atom. The lowest BCUT2D eigenvalue weighted by molar-refractivity contribution is 0.322. The van der Waals surface area contributed by atoms with E-state index in [-0.39, 0.29) is 0 Å². The van der Waals surface area contributed by atoms with Gasteiger partial charge in [-0.15, -0.1) is 0 Å². The predicted octanol–water partition coefficient (Wildman–Crippen LogP) is 0.640. The Bertz CT molecular complexity index is 457. The molecule has 0 aliphatic rings. The largest absolute Gasteiger partial charge is 0.399 e. The zero-order chi connectivity index (χ0) is 13.6. The first-order valence-corrected chi connectivity index (χ1v) is 7.73. The Kier molecular flexibility index (Phi) is 5.58. The average Bonchev–Trinajstić information content (AvgIpc) is 2.26. The third-order valence-corrected chi connectivity index (χ3v) is 3.24. The van der Waals surface area contributed by atoms with Crippen molar-refractivity contribution < 1.29 is 8.42 Å². The van der Waals surface area contributed by atoms with Crippen LogP contribution in [0.4, 0.5) is 5.69 Å². The molecule has 0 saturated heterocycles. The van der Waals surface area contributed by atoms with Crippen LogP contribution in [0, 0.1) is 0 Å². The molecule has 0 bridgehead atoms. The first-order chi connectivity index (χ1) is 8.37. The molecule has 0 aliphatic heterocycles. The van der Waals surface area contributed by atoms with E-state index in [1.54, 1.807) is 0 Å². The number of benzene rings is 1. The van der Waals surface area contributed by atoms with E-state index in [0.717, 1.165) is 25.2 Å². The second kappa shape index (κ2) is 6.72. The van der Waals surface area contributed by atoms with Crippen molar-refractivity contribution in [2.24, 2.45) is 0 Å². The predicted molar refractivity (Wildman–Crippen MR) is 74.7 cm³/mol. The van der Waals surface area contributed by atoms with Crippen molar-refractivity contribution in [3.05, 3.63) is 29.8 Å². The van der Waals surface area contributed by atoms with Gasteiger partial charge in [0.1, 0.15) is 0 Å². The fourth-order valence-electron chi connectivity index (χ4n) is 1.62. The van der Waals surface area contributed by atoms with Crippen LogP contribution in [-0.2, 0) is 16.6 Å². The molecule has 3 N–H and O–H groups in total. The first-order valence-electron chi connectivity index (χ1n) is 5.84. The van der Waals surface area contributed by atoms with E-state index in [1.165, 1.54) is 11.8 Å². The van der Waals surface area contributed by atoms with Crippen LogP contribution in [0.3, 0.4) is 0 Å². The molecule has 5 nitrogen and oxygen atoms in total. The molecule has 0 spiro atoms. The summed E-state index contributed by atoms with van der Waals surface area (Å²) < 4.78 is 24.2. The van der Waals surface area contributed by atoms with Gasteiger partial charge in [-0.05, 0) is 37.7 Å². The van der Waals surface area contributed by atoms with E-state index in [2.05, 4.69) is 9.62 Å². The minimum Gasteiger partial charge on any atom is -0.399 e. The van der Waals surface area contributed by atoms with Crippen LogP contribution in [0.2, 0.25) is 0 Å². The molecule has 0 fully saturated rings. The summed E-state index contributed by atoms with van der Waals surface area (Å²) in [4.78, 5) is 2.15. The normalized spacial score (nSPS) is 11.9. The highest BCUT2D eigenvalue weighted by atomic mass is 32.2. The summed E-state index contributed by atoms with van der Waals surface area (Å²) in [5.41, 5.74) is 7.58. The first kappa shape index (κ1) is 14.9. The van der Waals surface area contributed by atoms with Gasteiger partial charge in [-0.2, -0.15) is 0 Å². The van der Waals surface area contributed by atoms with Crippen LogP contribution in [0.1, 0.15) is 12.0 Å². The second-order valence-electron chi connectivity index (χ2n) is 4.50. The zero-order valence-electron chi connectivity index (χ0n) is 10.9.